The summed E-state index contributed by atoms with van der Waals surface area (Å²) in [5.74, 6) is 0.518. The third-order valence-electron chi connectivity index (χ3n) is 7.66. The Morgan fingerprint density at radius 2 is 2.00 bits per heavy atom. The Morgan fingerprint density at radius 3 is 2.60 bits per heavy atom. The molecule has 5 nitrogen and oxygen atoms in total. The van der Waals surface area contributed by atoms with Crippen molar-refractivity contribution in [1.82, 2.24) is 0 Å². The lowest BCUT2D eigenvalue weighted by molar-refractivity contribution is -0.177. The zero-order valence-corrected chi connectivity index (χ0v) is 15.4. The van der Waals surface area contributed by atoms with Crippen molar-refractivity contribution in [3.63, 3.8) is 0 Å². The normalized spacial score (nSPS) is 44.2. The maximum Gasteiger partial charge on any atom is 0.334 e. The lowest BCUT2D eigenvalue weighted by atomic mass is 9.45. The number of carbonyl (C=O) groups excluding carboxylic acids is 1. The van der Waals surface area contributed by atoms with E-state index in [2.05, 4.69) is 6.92 Å². The molecule has 25 heavy (non-hydrogen) atoms. The SMILES string of the molecule is C[C@@]12CCC(O)[C@@](C)(CO)C1CCC(CO)C2CCC1=CCOC1=O. The second-order valence-electron chi connectivity index (χ2n) is 8.77. The molecule has 3 rings (SSSR count). The number of cyclic esters (lactones) is 1. The molecule has 0 saturated heterocycles. The third kappa shape index (κ3) is 3.04. The minimum absolute atomic E-state index is 0.0115. The van der Waals surface area contributed by atoms with E-state index >= 15 is 0 Å². The molecule has 0 aromatic heterocycles. The van der Waals surface area contributed by atoms with Crippen LogP contribution in [0.5, 0.6) is 0 Å². The van der Waals surface area contributed by atoms with Crippen molar-refractivity contribution < 1.29 is 24.9 Å². The van der Waals surface area contributed by atoms with Gasteiger partial charge in [-0.05, 0) is 67.8 Å². The monoisotopic (exact) mass is 352 g/mol. The van der Waals surface area contributed by atoms with Crippen LogP contribution in [0.15, 0.2) is 11.6 Å². The molecule has 2 saturated carbocycles. The summed E-state index contributed by atoms with van der Waals surface area (Å²) in [6.45, 7) is 4.80. The molecule has 6 atom stereocenters. The van der Waals surface area contributed by atoms with Crippen molar-refractivity contribution in [2.45, 2.75) is 58.5 Å². The number of hydrogen-bond donors (Lipinski definition) is 3. The molecular formula is C20H32O5. The molecule has 0 bridgehead atoms. The van der Waals surface area contributed by atoms with Crippen molar-refractivity contribution in [3.8, 4) is 0 Å². The van der Waals surface area contributed by atoms with Gasteiger partial charge < -0.3 is 20.1 Å². The Morgan fingerprint density at radius 1 is 1.24 bits per heavy atom. The molecule has 2 fully saturated rings. The highest BCUT2D eigenvalue weighted by molar-refractivity contribution is 5.90. The largest absolute Gasteiger partial charge is 0.458 e. The summed E-state index contributed by atoms with van der Waals surface area (Å²) in [5, 5.41) is 30.5. The summed E-state index contributed by atoms with van der Waals surface area (Å²) in [6, 6.07) is 0. The van der Waals surface area contributed by atoms with Gasteiger partial charge in [-0.15, -0.1) is 0 Å². The van der Waals surface area contributed by atoms with Crippen LogP contribution < -0.4 is 0 Å². The highest BCUT2D eigenvalue weighted by Gasteiger charge is 2.58. The van der Waals surface area contributed by atoms with Crippen LogP contribution in [0.3, 0.4) is 0 Å². The molecule has 142 valence electrons. The van der Waals surface area contributed by atoms with Crippen LogP contribution in [0.25, 0.3) is 0 Å². The molecule has 3 N–H and O–H groups in total. The van der Waals surface area contributed by atoms with Gasteiger partial charge in [0, 0.05) is 17.6 Å². The Balaban J connectivity index is 1.84. The van der Waals surface area contributed by atoms with Gasteiger partial charge in [-0.2, -0.15) is 0 Å². The second kappa shape index (κ2) is 7.01. The molecule has 0 aromatic carbocycles. The van der Waals surface area contributed by atoms with Gasteiger partial charge in [0.05, 0.1) is 12.7 Å². The fraction of sp³-hybridized carbons (Fsp3) is 0.850. The fourth-order valence-corrected chi connectivity index (χ4v) is 6.07. The van der Waals surface area contributed by atoms with E-state index in [4.69, 9.17) is 4.74 Å². The Labute approximate surface area is 150 Å². The Bertz CT molecular complexity index is 544. The number of aliphatic hydroxyl groups excluding tert-OH is 3. The van der Waals surface area contributed by atoms with Gasteiger partial charge in [0.15, 0.2) is 0 Å². The first-order chi connectivity index (χ1) is 11.9. The predicted molar refractivity (Wildman–Crippen MR) is 93.6 cm³/mol. The number of hydrogen-bond acceptors (Lipinski definition) is 5. The molecule has 4 unspecified atom stereocenters. The average Bonchev–Trinajstić information content (AvgIpc) is 3.01. The lowest BCUT2D eigenvalue weighted by Crippen LogP contribution is -2.59. The smallest absolute Gasteiger partial charge is 0.334 e. The first-order valence-corrected chi connectivity index (χ1v) is 9.62. The van der Waals surface area contributed by atoms with Gasteiger partial charge in [-0.3, -0.25) is 0 Å². The maximum atomic E-state index is 11.7. The minimum Gasteiger partial charge on any atom is -0.458 e. The number of rotatable bonds is 5. The highest BCUT2D eigenvalue weighted by atomic mass is 16.5. The quantitative estimate of drug-likeness (QED) is 0.659. The van der Waals surface area contributed by atoms with Crippen molar-refractivity contribution in [2.75, 3.05) is 19.8 Å². The summed E-state index contributed by atoms with van der Waals surface area (Å²) in [6.07, 6.45) is 6.33. The Hall–Kier alpha value is -0.910. The summed E-state index contributed by atoms with van der Waals surface area (Å²) < 4.78 is 5.01. The van der Waals surface area contributed by atoms with Crippen molar-refractivity contribution >= 4 is 5.97 Å². The molecule has 0 amide bonds. The first kappa shape index (κ1) is 18.9. The summed E-state index contributed by atoms with van der Waals surface area (Å²) >= 11 is 0. The van der Waals surface area contributed by atoms with Crippen molar-refractivity contribution in [3.05, 3.63) is 11.6 Å². The van der Waals surface area contributed by atoms with Gasteiger partial charge in [0.1, 0.15) is 6.61 Å². The molecule has 0 radical (unpaired) electrons. The summed E-state index contributed by atoms with van der Waals surface area (Å²) in [7, 11) is 0. The molecule has 0 aromatic rings. The number of esters is 1. The number of aliphatic hydroxyl groups is 3. The van der Waals surface area contributed by atoms with Gasteiger partial charge in [0.2, 0.25) is 0 Å². The van der Waals surface area contributed by atoms with E-state index in [0.717, 1.165) is 31.3 Å². The van der Waals surface area contributed by atoms with Gasteiger partial charge >= 0.3 is 5.97 Å². The molecule has 5 heteroatoms. The summed E-state index contributed by atoms with van der Waals surface area (Å²) in [4.78, 5) is 11.7. The molecule has 1 heterocycles. The van der Waals surface area contributed by atoms with E-state index in [0.29, 0.717) is 19.4 Å². The fourth-order valence-electron chi connectivity index (χ4n) is 6.07. The highest BCUT2D eigenvalue weighted by Crippen LogP contribution is 2.62. The van der Waals surface area contributed by atoms with Crippen LogP contribution in [-0.4, -0.2) is 47.2 Å². The zero-order chi connectivity index (χ0) is 18.2. The second-order valence-corrected chi connectivity index (χ2v) is 8.77. The molecular weight excluding hydrogens is 320 g/mol. The van der Waals surface area contributed by atoms with Crippen LogP contribution >= 0.6 is 0 Å². The lowest BCUT2D eigenvalue weighted by Gasteiger charge is -2.61. The van der Waals surface area contributed by atoms with E-state index in [-0.39, 0.29) is 42.4 Å². The zero-order valence-electron chi connectivity index (χ0n) is 15.4. The van der Waals surface area contributed by atoms with Gasteiger partial charge in [-0.1, -0.05) is 13.8 Å². The molecule has 0 spiro atoms. The molecule has 2 aliphatic carbocycles. The van der Waals surface area contributed by atoms with Crippen LogP contribution in [0, 0.1) is 28.6 Å². The van der Waals surface area contributed by atoms with Crippen molar-refractivity contribution in [2.24, 2.45) is 28.6 Å². The predicted octanol–water partition coefficient (Wildman–Crippen LogP) is 2.04. The van der Waals surface area contributed by atoms with Crippen LogP contribution in [-0.2, 0) is 9.53 Å². The summed E-state index contributed by atoms with van der Waals surface area (Å²) in [5.41, 5.74) is 0.228. The van der Waals surface area contributed by atoms with E-state index < -0.39 is 11.5 Å². The minimum atomic E-state index is -0.489. The molecule has 1 aliphatic heterocycles. The third-order valence-corrected chi connectivity index (χ3v) is 7.66. The standard InChI is InChI=1S/C20H32O5/c1-19-9-7-17(23)20(2,12-22)16(19)6-4-14(11-21)15(19)5-3-13-8-10-25-18(13)24/h8,14-17,21-23H,3-7,9-12H2,1-2H3/t14?,15?,16?,17?,19-,20-/m0/s1. The van der Waals surface area contributed by atoms with Gasteiger partial charge in [-0.25, -0.2) is 4.79 Å². The average molecular weight is 352 g/mol. The maximum absolute atomic E-state index is 11.7. The number of fused-ring (bicyclic) bond motifs is 1. The first-order valence-electron chi connectivity index (χ1n) is 9.62. The number of ether oxygens (including phenoxy) is 1. The van der Waals surface area contributed by atoms with E-state index in [9.17, 15) is 20.1 Å². The topological polar surface area (TPSA) is 87.0 Å². The number of carbonyl (C=O) groups is 1. The van der Waals surface area contributed by atoms with Crippen LogP contribution in [0.4, 0.5) is 0 Å². The van der Waals surface area contributed by atoms with E-state index in [1.54, 1.807) is 0 Å². The van der Waals surface area contributed by atoms with Crippen LogP contribution in [0.1, 0.15) is 52.4 Å². The van der Waals surface area contributed by atoms with Gasteiger partial charge in [0.25, 0.3) is 0 Å². The Kier molecular flexibility index (Phi) is 5.29. The van der Waals surface area contributed by atoms with E-state index in [1.807, 2.05) is 13.0 Å². The molecule has 3 aliphatic rings. The van der Waals surface area contributed by atoms with E-state index in [1.165, 1.54) is 0 Å². The van der Waals surface area contributed by atoms with Crippen LogP contribution in [0.2, 0.25) is 0 Å². The van der Waals surface area contributed by atoms with Crippen molar-refractivity contribution in [1.29, 1.82) is 0 Å².